The van der Waals surface area contributed by atoms with Gasteiger partial charge in [-0.3, -0.25) is 0 Å². The molecule has 6 atom stereocenters. The van der Waals surface area contributed by atoms with Gasteiger partial charge in [-0.2, -0.15) is 0 Å². The minimum absolute atomic E-state index is 0.00311. The van der Waals surface area contributed by atoms with Crippen molar-refractivity contribution >= 4 is 18.7 Å². The number of aliphatic hydroxyl groups excluding tert-OH is 1. The van der Waals surface area contributed by atoms with Gasteiger partial charge in [-0.1, -0.05) is 109 Å². The van der Waals surface area contributed by atoms with Crippen LogP contribution in [0.2, 0.25) is 5.04 Å². The quantitative estimate of drug-likeness (QED) is 0.207. The second-order valence-corrected chi connectivity index (χ2v) is 18.3. The number of aliphatic hydroxyl groups is 1. The summed E-state index contributed by atoms with van der Waals surface area (Å²) in [4.78, 5) is 0. The van der Waals surface area contributed by atoms with Gasteiger partial charge in [0.05, 0.1) is 12.7 Å². The van der Waals surface area contributed by atoms with Crippen molar-refractivity contribution in [2.75, 3.05) is 19.8 Å². The van der Waals surface area contributed by atoms with Crippen LogP contribution in [-0.2, 0) is 13.9 Å². The summed E-state index contributed by atoms with van der Waals surface area (Å²) in [6.07, 6.45) is 7.07. The normalized spacial score (nSPS) is 20.2. The average Bonchev–Trinajstić information content (AvgIpc) is 2.94. The predicted octanol–water partition coefficient (Wildman–Crippen LogP) is 7.57. The van der Waals surface area contributed by atoms with Crippen LogP contribution in [0.1, 0.15) is 93.4 Å². The number of benzene rings is 2. The first-order chi connectivity index (χ1) is 19.5. The molecule has 1 saturated heterocycles. The van der Waals surface area contributed by atoms with Crippen LogP contribution in [0.15, 0.2) is 60.7 Å². The van der Waals surface area contributed by atoms with Gasteiger partial charge in [-0.05, 0) is 84.0 Å². The van der Waals surface area contributed by atoms with Crippen LogP contribution in [0.25, 0.3) is 0 Å². The molecule has 1 N–H and O–H groups in total. The first-order valence-corrected chi connectivity index (χ1v) is 18.1. The molecule has 230 valence electrons. The SMILES string of the molecule is C[C@@H](C[C@H](C)COC1CCCCO1)C[C@H](C)C[C@H](C)[C@@H](O)CCO[Si](c1ccccc1)(c1ccccc1)C(C)(C)C. The summed E-state index contributed by atoms with van der Waals surface area (Å²) in [7, 11) is -2.57. The van der Waals surface area contributed by atoms with E-state index in [4.69, 9.17) is 13.9 Å². The average molecular weight is 583 g/mol. The van der Waals surface area contributed by atoms with Crippen LogP contribution in [0, 0.1) is 23.7 Å². The molecule has 41 heavy (non-hydrogen) atoms. The number of hydrogen-bond donors (Lipinski definition) is 1. The van der Waals surface area contributed by atoms with E-state index in [1.807, 2.05) is 0 Å². The van der Waals surface area contributed by atoms with Crippen LogP contribution < -0.4 is 10.4 Å². The van der Waals surface area contributed by atoms with Crippen LogP contribution in [0.5, 0.6) is 0 Å². The Balaban J connectivity index is 1.50. The lowest BCUT2D eigenvalue weighted by molar-refractivity contribution is -0.168. The van der Waals surface area contributed by atoms with E-state index in [2.05, 4.69) is 109 Å². The maximum Gasteiger partial charge on any atom is 0.261 e. The van der Waals surface area contributed by atoms with E-state index in [1.165, 1.54) is 29.6 Å². The summed E-state index contributed by atoms with van der Waals surface area (Å²) in [5, 5.41) is 13.7. The third kappa shape index (κ3) is 10.0. The highest BCUT2D eigenvalue weighted by atomic mass is 28.4. The van der Waals surface area contributed by atoms with Crippen LogP contribution in [-0.4, -0.2) is 45.6 Å². The summed E-state index contributed by atoms with van der Waals surface area (Å²) in [5.41, 5.74) is 0. The first kappa shape index (κ1) is 34.0. The van der Waals surface area contributed by atoms with Crippen molar-refractivity contribution in [3.05, 3.63) is 60.7 Å². The van der Waals surface area contributed by atoms with Crippen molar-refractivity contribution in [3.63, 3.8) is 0 Å². The Hall–Kier alpha value is -1.50. The Kier molecular flexibility index (Phi) is 13.6. The molecule has 0 bridgehead atoms. The predicted molar refractivity (Wildman–Crippen MR) is 174 cm³/mol. The van der Waals surface area contributed by atoms with Crippen LogP contribution in [0.4, 0.5) is 0 Å². The molecule has 0 aliphatic carbocycles. The fourth-order valence-electron chi connectivity index (χ4n) is 6.92. The number of rotatable bonds is 16. The van der Waals surface area contributed by atoms with Gasteiger partial charge >= 0.3 is 0 Å². The summed E-state index contributed by atoms with van der Waals surface area (Å²) in [5.74, 6) is 1.98. The summed E-state index contributed by atoms with van der Waals surface area (Å²) < 4.78 is 18.8. The van der Waals surface area contributed by atoms with Crippen molar-refractivity contribution in [1.29, 1.82) is 0 Å². The highest BCUT2D eigenvalue weighted by Gasteiger charge is 2.50. The standard InChI is InChI=1S/C36H58O4Si/c1-28(25-30(3)27-39-35-20-14-15-22-38-35)24-29(2)26-31(4)34(37)21-23-40-41(36(5,6)7,32-16-10-8-11-17-32)33-18-12-9-13-19-33/h8-13,16-19,28-31,34-35,37H,14-15,20-27H2,1-7H3/t28-,29+,30+,31+,34+,35?/m1/s1. The van der Waals surface area contributed by atoms with E-state index >= 15 is 0 Å². The topological polar surface area (TPSA) is 47.9 Å². The van der Waals surface area contributed by atoms with Crippen molar-refractivity contribution in [1.82, 2.24) is 0 Å². The van der Waals surface area contributed by atoms with E-state index in [1.54, 1.807) is 0 Å². The third-order valence-electron chi connectivity index (χ3n) is 8.89. The lowest BCUT2D eigenvalue weighted by Crippen LogP contribution is -2.66. The van der Waals surface area contributed by atoms with Gasteiger partial charge in [-0.25, -0.2) is 0 Å². The lowest BCUT2D eigenvalue weighted by Gasteiger charge is -2.43. The van der Waals surface area contributed by atoms with Gasteiger partial charge in [0.15, 0.2) is 6.29 Å². The molecule has 0 radical (unpaired) electrons. The van der Waals surface area contributed by atoms with Crippen molar-refractivity contribution in [2.45, 2.75) is 111 Å². The highest BCUT2D eigenvalue weighted by molar-refractivity contribution is 6.99. The van der Waals surface area contributed by atoms with Gasteiger partial charge in [0.25, 0.3) is 8.32 Å². The van der Waals surface area contributed by atoms with Gasteiger partial charge in [0, 0.05) is 13.2 Å². The molecule has 0 spiro atoms. The molecule has 1 heterocycles. The van der Waals surface area contributed by atoms with Gasteiger partial charge in [0.1, 0.15) is 0 Å². The molecule has 2 aromatic rings. The van der Waals surface area contributed by atoms with Crippen molar-refractivity contribution < 1.29 is 19.0 Å². The first-order valence-electron chi connectivity index (χ1n) is 16.2. The Bertz CT molecular complexity index is 931. The third-order valence-corrected chi connectivity index (χ3v) is 13.9. The van der Waals surface area contributed by atoms with Gasteiger partial charge in [-0.15, -0.1) is 0 Å². The zero-order valence-corrected chi connectivity index (χ0v) is 28.0. The smallest absolute Gasteiger partial charge is 0.261 e. The molecule has 3 rings (SSSR count). The maximum atomic E-state index is 11.2. The van der Waals surface area contributed by atoms with Crippen LogP contribution >= 0.6 is 0 Å². The Morgan fingerprint density at radius 3 is 1.93 bits per heavy atom. The minimum Gasteiger partial charge on any atom is -0.407 e. The zero-order chi connectivity index (χ0) is 29.9. The molecule has 0 amide bonds. The largest absolute Gasteiger partial charge is 0.407 e. The Morgan fingerprint density at radius 1 is 0.829 bits per heavy atom. The molecule has 0 aromatic heterocycles. The fraction of sp³-hybridized carbons (Fsp3) is 0.667. The minimum atomic E-state index is -2.57. The molecule has 4 nitrogen and oxygen atoms in total. The Morgan fingerprint density at radius 2 is 1.39 bits per heavy atom. The molecule has 1 aliphatic rings. The van der Waals surface area contributed by atoms with E-state index in [-0.39, 0.29) is 23.4 Å². The van der Waals surface area contributed by atoms with Gasteiger partial charge in [0.2, 0.25) is 0 Å². The summed E-state index contributed by atoms with van der Waals surface area (Å²) >= 11 is 0. The Labute approximate surface area is 252 Å². The van der Waals surface area contributed by atoms with Crippen molar-refractivity contribution in [2.24, 2.45) is 23.7 Å². The van der Waals surface area contributed by atoms with E-state index < -0.39 is 8.32 Å². The molecular weight excluding hydrogens is 524 g/mol. The van der Waals surface area contributed by atoms with E-state index in [9.17, 15) is 5.11 Å². The molecular formula is C36H58O4Si. The van der Waals surface area contributed by atoms with E-state index in [0.717, 1.165) is 32.5 Å². The maximum absolute atomic E-state index is 11.2. The van der Waals surface area contributed by atoms with Crippen molar-refractivity contribution in [3.8, 4) is 0 Å². The second kappa shape index (κ2) is 16.4. The molecule has 1 aliphatic heterocycles. The fourth-order valence-corrected chi connectivity index (χ4v) is 11.5. The highest BCUT2D eigenvalue weighted by Crippen LogP contribution is 2.37. The zero-order valence-electron chi connectivity index (χ0n) is 27.0. The summed E-state index contributed by atoms with van der Waals surface area (Å²) in [6.45, 7) is 18.3. The molecule has 2 aromatic carbocycles. The monoisotopic (exact) mass is 582 g/mol. The summed E-state index contributed by atoms with van der Waals surface area (Å²) in [6, 6.07) is 21.5. The molecule has 0 saturated carbocycles. The van der Waals surface area contributed by atoms with E-state index in [0.29, 0.717) is 30.8 Å². The lowest BCUT2D eigenvalue weighted by atomic mass is 9.84. The second-order valence-electron chi connectivity index (χ2n) is 14.0. The molecule has 5 heteroatoms. The number of ether oxygens (including phenoxy) is 2. The van der Waals surface area contributed by atoms with Crippen LogP contribution in [0.3, 0.4) is 0 Å². The molecule has 1 fully saturated rings. The number of hydrogen-bond acceptors (Lipinski definition) is 4. The van der Waals surface area contributed by atoms with Gasteiger partial charge < -0.3 is 19.0 Å². The molecule has 1 unspecified atom stereocenters.